The van der Waals surface area contributed by atoms with Gasteiger partial charge in [0.15, 0.2) is 5.69 Å². The minimum atomic E-state index is -0.209. The van der Waals surface area contributed by atoms with Crippen molar-refractivity contribution in [2.75, 3.05) is 9.80 Å². The summed E-state index contributed by atoms with van der Waals surface area (Å²) in [5.41, 5.74) is 31.6. The van der Waals surface area contributed by atoms with Gasteiger partial charge in [0.05, 0.1) is 35.6 Å². The van der Waals surface area contributed by atoms with E-state index in [2.05, 4.69) is 258 Å². The Bertz CT molecular complexity index is 4050. The molecule has 8 aromatic rings. The van der Waals surface area contributed by atoms with Crippen molar-refractivity contribution >= 4 is 28.4 Å². The number of allylic oxidation sites excluding steroid dienone is 10. The fraction of sp³-hybridized carbons (Fsp3) is 0.135. The third-order valence-electron chi connectivity index (χ3n) is 15.7. The lowest BCUT2D eigenvalue weighted by molar-refractivity contribution is 0.773. The molecule has 0 aromatic heterocycles. The summed E-state index contributed by atoms with van der Waals surface area (Å²) in [7, 11) is 0. The van der Waals surface area contributed by atoms with Crippen LogP contribution < -0.4 is 9.80 Å². The van der Waals surface area contributed by atoms with Crippen LogP contribution in [0.1, 0.15) is 50.1 Å². The van der Waals surface area contributed by atoms with E-state index in [1.807, 2.05) is 24.3 Å². The molecule has 4 heteroatoms. The monoisotopic (exact) mass is 1000 g/mol. The first kappa shape index (κ1) is 49.4. The molecule has 4 nitrogen and oxygen atoms in total. The number of hydrogen-bond donors (Lipinski definition) is 0. The number of hydrogen-bond acceptors (Lipinski definition) is 3. The number of aryl methyl sites for hydroxylation is 8. The predicted octanol–water partition coefficient (Wildman–Crippen LogP) is 19.3. The lowest BCUT2D eigenvalue weighted by Crippen LogP contribution is -2.37. The molecule has 0 aliphatic heterocycles. The van der Waals surface area contributed by atoms with Gasteiger partial charge in [0.1, 0.15) is 0 Å². The summed E-state index contributed by atoms with van der Waals surface area (Å²) in [5.74, 6) is -0.0599. The third kappa shape index (κ3) is 9.16. The van der Waals surface area contributed by atoms with Crippen molar-refractivity contribution in [3.63, 3.8) is 0 Å². The van der Waals surface area contributed by atoms with Crippen LogP contribution in [0.4, 0.5) is 28.4 Å². The van der Waals surface area contributed by atoms with Crippen LogP contribution in [0.25, 0.3) is 49.4 Å². The molecule has 4 aliphatic rings. The molecule has 0 fully saturated rings. The lowest BCUT2D eigenvalue weighted by Gasteiger charge is -2.44. The van der Waals surface area contributed by atoms with Crippen LogP contribution in [0.5, 0.6) is 0 Å². The average Bonchev–Trinajstić information content (AvgIpc) is 3.43. The number of nitriles is 1. The normalized spacial score (nSPS) is 15.8. The summed E-state index contributed by atoms with van der Waals surface area (Å²) in [6.07, 6.45) is 18.6. The quantitative estimate of drug-likeness (QED) is 0.128. The molecule has 2 unspecified atom stereocenters. The molecule has 376 valence electrons. The van der Waals surface area contributed by atoms with Crippen LogP contribution in [0.15, 0.2) is 240 Å². The molecule has 0 saturated heterocycles. The molecule has 12 rings (SSSR count). The molecular formula is C74H60N4. The van der Waals surface area contributed by atoms with Gasteiger partial charge < -0.3 is 9.80 Å². The van der Waals surface area contributed by atoms with E-state index in [4.69, 9.17) is 6.57 Å². The molecule has 0 N–H and O–H groups in total. The lowest BCUT2D eigenvalue weighted by atomic mass is 9.67. The van der Waals surface area contributed by atoms with E-state index in [0.717, 1.165) is 61.8 Å². The fourth-order valence-corrected chi connectivity index (χ4v) is 12.6. The van der Waals surface area contributed by atoms with Crippen molar-refractivity contribution in [2.24, 2.45) is 5.92 Å². The van der Waals surface area contributed by atoms with Crippen molar-refractivity contribution < 1.29 is 0 Å². The maximum absolute atomic E-state index is 10.1. The maximum Gasteiger partial charge on any atom is 0.187 e. The van der Waals surface area contributed by atoms with Crippen LogP contribution in [-0.2, 0) is 0 Å². The zero-order valence-corrected chi connectivity index (χ0v) is 45.6. The van der Waals surface area contributed by atoms with Gasteiger partial charge in [0, 0.05) is 34.1 Å². The van der Waals surface area contributed by atoms with Gasteiger partial charge in [-0.2, -0.15) is 5.26 Å². The average molecular weight is 1010 g/mol. The second kappa shape index (κ2) is 19.9. The second-order valence-electron chi connectivity index (χ2n) is 21.9. The molecule has 4 aliphatic carbocycles. The number of nitrogens with zero attached hydrogens (tertiary/aromatic N) is 4. The molecular weight excluding hydrogens is 945 g/mol. The van der Waals surface area contributed by atoms with Gasteiger partial charge in [0.2, 0.25) is 0 Å². The highest BCUT2D eigenvalue weighted by atomic mass is 15.2. The smallest absolute Gasteiger partial charge is 0.187 e. The fourth-order valence-electron chi connectivity index (χ4n) is 12.6. The summed E-state index contributed by atoms with van der Waals surface area (Å²) in [6, 6.07) is 59.5. The first-order valence-corrected chi connectivity index (χ1v) is 26.9. The summed E-state index contributed by atoms with van der Waals surface area (Å²) in [5, 5.41) is 10.1. The summed E-state index contributed by atoms with van der Waals surface area (Å²) < 4.78 is 0. The highest BCUT2D eigenvalue weighted by molar-refractivity contribution is 5.92. The zero-order chi connectivity index (χ0) is 53.9. The van der Waals surface area contributed by atoms with Crippen LogP contribution in [0, 0.1) is 79.2 Å². The number of anilines is 4. The summed E-state index contributed by atoms with van der Waals surface area (Å²) in [4.78, 5) is 8.73. The van der Waals surface area contributed by atoms with Gasteiger partial charge in [-0.1, -0.05) is 184 Å². The topological polar surface area (TPSA) is 34.6 Å². The Morgan fingerprint density at radius 1 is 0.462 bits per heavy atom. The Labute approximate surface area is 460 Å². The highest BCUT2D eigenvalue weighted by Gasteiger charge is 2.40. The molecule has 0 heterocycles. The Kier molecular flexibility index (Phi) is 12.6. The van der Waals surface area contributed by atoms with Gasteiger partial charge in [-0.15, -0.1) is 0 Å². The van der Waals surface area contributed by atoms with E-state index in [1.54, 1.807) is 0 Å². The van der Waals surface area contributed by atoms with E-state index in [0.29, 0.717) is 11.3 Å². The van der Waals surface area contributed by atoms with E-state index in [-0.39, 0.29) is 12.0 Å². The van der Waals surface area contributed by atoms with Gasteiger partial charge in [-0.25, -0.2) is 4.85 Å². The second-order valence-corrected chi connectivity index (χ2v) is 21.9. The van der Waals surface area contributed by atoms with E-state index < -0.39 is 0 Å². The maximum atomic E-state index is 10.1. The minimum absolute atomic E-state index is 0.0599. The Balaban J connectivity index is 1.04. The number of rotatable bonds is 10. The molecule has 0 radical (unpaired) electrons. The number of benzene rings is 8. The molecule has 78 heavy (non-hydrogen) atoms. The van der Waals surface area contributed by atoms with Gasteiger partial charge in [0.25, 0.3) is 0 Å². The zero-order valence-electron chi connectivity index (χ0n) is 45.6. The van der Waals surface area contributed by atoms with Crippen molar-refractivity contribution in [3.05, 3.63) is 301 Å². The van der Waals surface area contributed by atoms with Crippen LogP contribution in [0.3, 0.4) is 0 Å². The Morgan fingerprint density at radius 2 is 0.962 bits per heavy atom. The molecule has 8 aromatic carbocycles. The van der Waals surface area contributed by atoms with Crippen molar-refractivity contribution in [3.8, 4) is 50.6 Å². The van der Waals surface area contributed by atoms with E-state index in [9.17, 15) is 5.26 Å². The Hall–Kier alpha value is -9.48. The van der Waals surface area contributed by atoms with Crippen molar-refractivity contribution in [1.82, 2.24) is 0 Å². The van der Waals surface area contributed by atoms with E-state index >= 15 is 0 Å². The molecule has 0 saturated carbocycles. The molecule has 0 amide bonds. The minimum Gasteiger partial charge on any atom is -0.330 e. The van der Waals surface area contributed by atoms with Crippen LogP contribution >= 0.6 is 0 Å². The van der Waals surface area contributed by atoms with Gasteiger partial charge >= 0.3 is 0 Å². The Morgan fingerprint density at radius 3 is 1.49 bits per heavy atom. The highest BCUT2D eigenvalue weighted by Crippen LogP contribution is 2.53. The van der Waals surface area contributed by atoms with Crippen molar-refractivity contribution in [1.29, 1.82) is 5.26 Å². The third-order valence-corrected chi connectivity index (χ3v) is 15.7. The van der Waals surface area contributed by atoms with Gasteiger partial charge in [-0.3, -0.25) is 0 Å². The molecule has 2 atom stereocenters. The first-order chi connectivity index (χ1) is 37.8. The summed E-state index contributed by atoms with van der Waals surface area (Å²) >= 11 is 0. The molecule has 0 spiro atoms. The van der Waals surface area contributed by atoms with Crippen LogP contribution in [0.2, 0.25) is 0 Å². The predicted molar refractivity (Wildman–Crippen MR) is 326 cm³/mol. The standard InChI is InChI=1S/C74H60N4/c1-45-30-46(2)35-58(34-45)56-16-28-71(67(42-56)60-38-49(5)32-50(6)39-60)77(63-20-10-53(44-75)11-21-63)69-26-14-54-13-25-66-70(27-15-55-12-24-65(69)73(54)74(55)66)78(64-22-18-62(76-9)19-23-64)72-29-17-57(59-36-47(3)31-48(4)37-59)43-68(72)61-40-51(7)33-52(8)41-61/h10-43,69,74H,1-8H3. The van der Waals surface area contributed by atoms with Crippen LogP contribution in [-0.4, -0.2) is 6.04 Å². The van der Waals surface area contributed by atoms with Gasteiger partial charge in [-0.05, 0) is 183 Å². The first-order valence-electron chi connectivity index (χ1n) is 26.9. The molecule has 0 bridgehead atoms. The SMILES string of the molecule is [C-]#[N+]c1ccc(N(C2=C3C=CC4=C5C(=CC=C(C=C2)C35)C(N(c2ccc(C#N)cc2)c2ccc(-c3cc(C)cc(C)c3)cc2-c2cc(C)cc(C)c2)C=C4)c2ccc(-c3cc(C)cc(C)c3)cc2-c2cc(C)cc(C)c2)cc1. The van der Waals surface area contributed by atoms with Crippen molar-refractivity contribution in [2.45, 2.75) is 61.4 Å². The largest absolute Gasteiger partial charge is 0.330 e. The van der Waals surface area contributed by atoms with E-state index in [1.165, 1.54) is 83.5 Å². The summed E-state index contributed by atoms with van der Waals surface area (Å²) in [6.45, 7) is 25.3.